The molecule has 0 radical (unpaired) electrons. The molecule has 7 rings (SSSR count). The molecular weight excluding hydrogens is 627 g/mol. The lowest BCUT2D eigenvalue weighted by Crippen LogP contribution is -2.49. The topological polar surface area (TPSA) is 102 Å². The standard InChI is InChI=1S/C35H38F3N5O3S/c1-22-40-31-7-2-3-8-32(31)43(22)27-18-25-9-10-26(19-27)42(25)16-13-35(23-5-4-6-24(36)17-23)11-14-41(15-12-35)34(44)29-20-28(47(39,45)46)21-30(37)33(29)38/h2-8,17,20-21,25-27H,9-16,18-19H2,1H3,(H2,39,45,46)/t25-,26+,27+. The van der Waals surface area contributed by atoms with Gasteiger partial charge in [0, 0.05) is 31.2 Å². The van der Waals surface area contributed by atoms with Crippen LogP contribution < -0.4 is 5.14 Å². The number of hydrogen-bond acceptors (Lipinski definition) is 5. The Kier molecular flexibility index (Phi) is 8.16. The third-order valence-electron chi connectivity index (χ3n) is 10.9. The second kappa shape index (κ2) is 12.1. The summed E-state index contributed by atoms with van der Waals surface area (Å²) in [7, 11) is -4.36. The van der Waals surface area contributed by atoms with Crippen LogP contribution in [0.15, 0.2) is 65.6 Å². The Hall–Kier alpha value is -3.74. The average molecular weight is 666 g/mol. The van der Waals surface area contributed by atoms with Crippen LogP contribution in [0, 0.1) is 24.4 Å². The van der Waals surface area contributed by atoms with Crippen LogP contribution in [0.3, 0.4) is 0 Å². The summed E-state index contributed by atoms with van der Waals surface area (Å²) in [6.07, 6.45) is 6.07. The molecule has 3 aromatic carbocycles. The molecule has 12 heteroatoms. The van der Waals surface area contributed by atoms with E-state index in [1.807, 2.05) is 12.1 Å². The van der Waals surface area contributed by atoms with Gasteiger partial charge in [-0.2, -0.15) is 0 Å². The van der Waals surface area contributed by atoms with Crippen LogP contribution in [0.25, 0.3) is 11.0 Å². The number of para-hydroxylation sites is 2. The number of piperidine rings is 2. The molecule has 4 aromatic rings. The van der Waals surface area contributed by atoms with Crippen LogP contribution in [0.5, 0.6) is 0 Å². The fourth-order valence-corrected chi connectivity index (χ4v) is 9.03. The number of imidazole rings is 1. The normalized spacial score (nSPS) is 23.0. The number of carbonyl (C=O) groups excluding carboxylic acids is 1. The van der Waals surface area contributed by atoms with Gasteiger partial charge >= 0.3 is 0 Å². The van der Waals surface area contributed by atoms with Gasteiger partial charge in [0.15, 0.2) is 11.6 Å². The van der Waals surface area contributed by atoms with E-state index in [-0.39, 0.29) is 18.9 Å². The van der Waals surface area contributed by atoms with E-state index >= 15 is 0 Å². The number of aryl methyl sites for hydroxylation is 1. The molecule has 47 heavy (non-hydrogen) atoms. The first-order chi connectivity index (χ1) is 22.4. The Morgan fingerprint density at radius 2 is 1.66 bits per heavy atom. The molecule has 3 saturated heterocycles. The molecule has 3 fully saturated rings. The minimum atomic E-state index is -4.36. The molecule has 0 aliphatic carbocycles. The maximum absolute atomic E-state index is 14.7. The summed E-state index contributed by atoms with van der Waals surface area (Å²) in [4.78, 5) is 21.6. The number of carbonyl (C=O) groups is 1. The van der Waals surface area contributed by atoms with E-state index in [9.17, 15) is 26.4 Å². The summed E-state index contributed by atoms with van der Waals surface area (Å²) in [5.41, 5.74) is 1.95. The van der Waals surface area contributed by atoms with Crippen LogP contribution in [0.4, 0.5) is 13.2 Å². The van der Waals surface area contributed by atoms with E-state index in [0.29, 0.717) is 37.0 Å². The number of nitrogens with zero attached hydrogens (tertiary/aromatic N) is 4. The van der Waals surface area contributed by atoms with E-state index in [2.05, 4.69) is 34.6 Å². The lowest BCUT2D eigenvalue weighted by atomic mass is 9.70. The molecular formula is C35H38F3N5O3S. The highest BCUT2D eigenvalue weighted by Gasteiger charge is 2.44. The number of nitrogens with two attached hydrogens (primary N) is 1. The molecule has 248 valence electrons. The van der Waals surface area contributed by atoms with E-state index in [4.69, 9.17) is 10.1 Å². The lowest BCUT2D eigenvalue weighted by molar-refractivity contribution is 0.0601. The summed E-state index contributed by atoms with van der Waals surface area (Å²) < 4.78 is 69.7. The zero-order valence-corrected chi connectivity index (χ0v) is 27.0. The molecule has 3 atom stereocenters. The minimum Gasteiger partial charge on any atom is -0.338 e. The quantitative estimate of drug-likeness (QED) is 0.267. The number of halogens is 3. The predicted molar refractivity (Wildman–Crippen MR) is 172 cm³/mol. The van der Waals surface area contributed by atoms with Gasteiger partial charge < -0.3 is 9.47 Å². The molecule has 3 aliphatic rings. The Bertz CT molecular complexity index is 1940. The predicted octanol–water partition coefficient (Wildman–Crippen LogP) is 5.84. The van der Waals surface area contributed by atoms with Gasteiger partial charge in [-0.1, -0.05) is 24.3 Å². The highest BCUT2D eigenvalue weighted by molar-refractivity contribution is 7.89. The second-order valence-electron chi connectivity index (χ2n) is 13.4. The van der Waals surface area contributed by atoms with Crippen LogP contribution in [0.1, 0.15) is 72.7 Å². The van der Waals surface area contributed by atoms with Crippen molar-refractivity contribution in [2.45, 2.75) is 80.3 Å². The van der Waals surface area contributed by atoms with Crippen molar-refractivity contribution >= 4 is 27.0 Å². The van der Waals surface area contributed by atoms with Crippen LogP contribution in [-0.2, 0) is 15.4 Å². The fourth-order valence-electron chi connectivity index (χ4n) is 8.48. The molecule has 1 aromatic heterocycles. The van der Waals surface area contributed by atoms with Gasteiger partial charge in [-0.3, -0.25) is 9.69 Å². The number of aromatic nitrogens is 2. The largest absolute Gasteiger partial charge is 0.338 e. The van der Waals surface area contributed by atoms with Gasteiger partial charge in [0.2, 0.25) is 10.0 Å². The Morgan fingerprint density at radius 3 is 2.34 bits per heavy atom. The third kappa shape index (κ3) is 5.84. The second-order valence-corrected chi connectivity index (χ2v) is 15.0. The van der Waals surface area contributed by atoms with Gasteiger partial charge in [0.05, 0.1) is 21.5 Å². The Morgan fingerprint density at radius 1 is 0.957 bits per heavy atom. The van der Waals surface area contributed by atoms with Gasteiger partial charge in [-0.25, -0.2) is 31.7 Å². The monoisotopic (exact) mass is 665 g/mol. The first-order valence-electron chi connectivity index (χ1n) is 16.2. The van der Waals surface area contributed by atoms with E-state index in [0.717, 1.165) is 61.6 Å². The molecule has 4 heterocycles. The van der Waals surface area contributed by atoms with Gasteiger partial charge in [0.1, 0.15) is 11.6 Å². The molecule has 3 aliphatic heterocycles. The van der Waals surface area contributed by atoms with Gasteiger partial charge in [-0.05, 0) is 106 Å². The number of primary sulfonamides is 1. The molecule has 8 nitrogen and oxygen atoms in total. The zero-order chi connectivity index (χ0) is 33.1. The van der Waals surface area contributed by atoms with Crippen molar-refractivity contribution in [1.82, 2.24) is 19.4 Å². The highest BCUT2D eigenvalue weighted by atomic mass is 32.2. The number of sulfonamides is 1. The van der Waals surface area contributed by atoms with E-state index in [1.54, 1.807) is 12.1 Å². The SMILES string of the molecule is Cc1nc2ccccc2n1[C@H]1C[C@H]2CC[C@@H](C1)N2CCC1(c2cccc(F)c2)CCN(C(=O)c2cc(S(N)(=O)=O)cc(F)c2F)CC1. The Labute approximate surface area is 272 Å². The minimum absolute atomic E-state index is 0.220. The smallest absolute Gasteiger partial charge is 0.256 e. The molecule has 0 spiro atoms. The van der Waals surface area contributed by atoms with Crippen LogP contribution >= 0.6 is 0 Å². The number of hydrogen-bond donors (Lipinski definition) is 1. The van der Waals surface area contributed by atoms with Crippen molar-refractivity contribution in [1.29, 1.82) is 0 Å². The van der Waals surface area contributed by atoms with Crippen molar-refractivity contribution in [2.24, 2.45) is 5.14 Å². The van der Waals surface area contributed by atoms with Gasteiger partial charge in [0.25, 0.3) is 5.91 Å². The summed E-state index contributed by atoms with van der Waals surface area (Å²) in [6, 6.07) is 17.4. The van der Waals surface area contributed by atoms with Gasteiger partial charge in [-0.15, -0.1) is 0 Å². The van der Waals surface area contributed by atoms with Crippen LogP contribution in [0.2, 0.25) is 0 Å². The zero-order valence-electron chi connectivity index (χ0n) is 26.2. The molecule has 0 saturated carbocycles. The maximum atomic E-state index is 14.7. The molecule has 2 bridgehead atoms. The number of amides is 1. The molecule has 0 unspecified atom stereocenters. The molecule has 2 N–H and O–H groups in total. The number of likely N-dealkylation sites (tertiary alicyclic amines) is 1. The van der Waals surface area contributed by atoms with Crippen molar-refractivity contribution < 1.29 is 26.4 Å². The van der Waals surface area contributed by atoms with Crippen molar-refractivity contribution in [3.63, 3.8) is 0 Å². The van der Waals surface area contributed by atoms with Crippen LogP contribution in [-0.4, -0.2) is 65.4 Å². The number of rotatable bonds is 7. The van der Waals surface area contributed by atoms with Crippen molar-refractivity contribution in [3.8, 4) is 0 Å². The fraction of sp³-hybridized carbons (Fsp3) is 0.429. The first kappa shape index (κ1) is 31.8. The average Bonchev–Trinajstić information content (AvgIpc) is 3.50. The summed E-state index contributed by atoms with van der Waals surface area (Å²) in [6.45, 7) is 3.35. The van der Waals surface area contributed by atoms with E-state index in [1.165, 1.54) is 16.5 Å². The molecule has 1 amide bonds. The number of fused-ring (bicyclic) bond motifs is 3. The lowest BCUT2D eigenvalue weighted by Gasteiger charge is -2.45. The summed E-state index contributed by atoms with van der Waals surface area (Å²) in [5, 5.41) is 5.13. The number of benzene rings is 3. The Balaban J connectivity index is 1.09. The van der Waals surface area contributed by atoms with E-state index < -0.39 is 43.4 Å². The first-order valence-corrected chi connectivity index (χ1v) is 17.7. The highest BCUT2D eigenvalue weighted by Crippen LogP contribution is 2.45. The maximum Gasteiger partial charge on any atom is 0.256 e. The third-order valence-corrected chi connectivity index (χ3v) is 11.7. The summed E-state index contributed by atoms with van der Waals surface area (Å²) >= 11 is 0. The summed E-state index contributed by atoms with van der Waals surface area (Å²) in [5.74, 6) is -2.97. The van der Waals surface area contributed by atoms with Crippen molar-refractivity contribution in [2.75, 3.05) is 19.6 Å². The van der Waals surface area contributed by atoms with Crippen molar-refractivity contribution in [3.05, 3.63) is 95.1 Å².